The van der Waals surface area contributed by atoms with Crippen LogP contribution in [0.25, 0.3) is 0 Å². The van der Waals surface area contributed by atoms with Gasteiger partial charge in [-0.2, -0.15) is 0 Å². The summed E-state index contributed by atoms with van der Waals surface area (Å²) in [5, 5.41) is 10.5. The zero-order valence-electron chi connectivity index (χ0n) is 11.7. The molecule has 2 heterocycles. The van der Waals surface area contributed by atoms with Crippen LogP contribution in [-0.4, -0.2) is 35.2 Å². The van der Waals surface area contributed by atoms with Gasteiger partial charge in [-0.05, 0) is 62.8 Å². The first-order chi connectivity index (χ1) is 9.54. The van der Waals surface area contributed by atoms with E-state index in [4.69, 9.17) is 0 Å². The van der Waals surface area contributed by atoms with Gasteiger partial charge in [0.25, 0.3) is 0 Å². The highest BCUT2D eigenvalue weighted by atomic mass is 79.9. The first-order valence-electron chi connectivity index (χ1n) is 7.38. The Labute approximate surface area is 128 Å². The minimum absolute atomic E-state index is 0.243. The van der Waals surface area contributed by atoms with Gasteiger partial charge in [0, 0.05) is 16.6 Å². The van der Waals surface area contributed by atoms with Gasteiger partial charge in [0.1, 0.15) is 5.82 Å². The average molecular weight is 342 g/mol. The lowest BCUT2D eigenvalue weighted by Crippen LogP contribution is -2.43. The van der Waals surface area contributed by atoms with Gasteiger partial charge in [-0.1, -0.05) is 22.0 Å². The summed E-state index contributed by atoms with van der Waals surface area (Å²) in [7, 11) is 2.21. The summed E-state index contributed by atoms with van der Waals surface area (Å²) in [6.45, 7) is 0. The van der Waals surface area contributed by atoms with Crippen LogP contribution in [0.15, 0.2) is 22.7 Å². The average Bonchev–Trinajstić information content (AvgIpc) is 2.64. The minimum atomic E-state index is -0.325. The number of piperidine rings is 1. The normalized spacial score (nSPS) is 31.5. The van der Waals surface area contributed by atoms with Crippen LogP contribution < -0.4 is 0 Å². The van der Waals surface area contributed by atoms with Crippen molar-refractivity contribution < 1.29 is 9.50 Å². The maximum absolute atomic E-state index is 13.1. The Morgan fingerprint density at radius 2 is 2.00 bits per heavy atom. The molecule has 1 aromatic carbocycles. The summed E-state index contributed by atoms with van der Waals surface area (Å²) in [6.07, 6.45) is 5.00. The summed E-state index contributed by atoms with van der Waals surface area (Å²) >= 11 is 3.39. The minimum Gasteiger partial charge on any atom is -0.392 e. The van der Waals surface area contributed by atoms with Gasteiger partial charge >= 0.3 is 0 Å². The first-order valence-corrected chi connectivity index (χ1v) is 8.18. The van der Waals surface area contributed by atoms with Crippen LogP contribution in [0.3, 0.4) is 0 Å². The number of rotatable bonds is 3. The van der Waals surface area contributed by atoms with Crippen molar-refractivity contribution in [3.8, 4) is 0 Å². The second-order valence-electron chi connectivity index (χ2n) is 6.29. The van der Waals surface area contributed by atoms with Crippen LogP contribution in [0.1, 0.15) is 31.2 Å². The Bertz CT molecular complexity index is 481. The smallest absolute Gasteiger partial charge is 0.124 e. The summed E-state index contributed by atoms with van der Waals surface area (Å²) < 4.78 is 13.9. The van der Waals surface area contributed by atoms with Gasteiger partial charge in [-0.15, -0.1) is 0 Å². The van der Waals surface area contributed by atoms with Gasteiger partial charge in [0.15, 0.2) is 0 Å². The predicted octanol–water partition coefficient (Wildman–Crippen LogP) is 3.36. The molecule has 2 saturated heterocycles. The molecule has 1 N–H and O–H groups in total. The molecule has 2 aliphatic heterocycles. The molecule has 0 spiro atoms. The Kier molecular flexibility index (Phi) is 4.16. The number of hydrogen-bond donors (Lipinski definition) is 1. The quantitative estimate of drug-likeness (QED) is 0.911. The molecule has 2 aliphatic rings. The lowest BCUT2D eigenvalue weighted by molar-refractivity contribution is 0.0367. The summed E-state index contributed by atoms with van der Waals surface area (Å²) in [6, 6.07) is 5.99. The van der Waals surface area contributed by atoms with Crippen molar-refractivity contribution in [2.24, 2.45) is 5.92 Å². The van der Waals surface area contributed by atoms with Crippen molar-refractivity contribution in [2.45, 2.75) is 50.3 Å². The van der Waals surface area contributed by atoms with Crippen LogP contribution in [0, 0.1) is 11.7 Å². The van der Waals surface area contributed by atoms with E-state index >= 15 is 0 Å². The molecule has 0 saturated carbocycles. The molecule has 0 radical (unpaired) electrons. The molecule has 2 nitrogen and oxygen atoms in total. The van der Waals surface area contributed by atoms with Crippen LogP contribution >= 0.6 is 15.9 Å². The molecule has 2 bridgehead atoms. The van der Waals surface area contributed by atoms with E-state index < -0.39 is 0 Å². The SMILES string of the molecule is CN1C2CCC1CC(C(O)Cc1ccc(F)cc1Br)C2. The van der Waals surface area contributed by atoms with Gasteiger partial charge in [-0.25, -0.2) is 4.39 Å². The highest BCUT2D eigenvalue weighted by molar-refractivity contribution is 9.10. The zero-order valence-corrected chi connectivity index (χ0v) is 13.3. The molecule has 3 unspecified atom stereocenters. The van der Waals surface area contributed by atoms with Crippen LogP contribution in [0.2, 0.25) is 0 Å². The standard InChI is InChI=1S/C16H21BrFNO/c1-19-13-4-5-14(19)7-11(6-13)16(20)8-10-2-3-12(18)9-15(10)17/h2-3,9,11,13-14,16,20H,4-8H2,1H3. The lowest BCUT2D eigenvalue weighted by atomic mass is 9.84. The summed E-state index contributed by atoms with van der Waals surface area (Å²) in [5.74, 6) is 0.133. The molecule has 4 heteroatoms. The number of nitrogens with zero attached hydrogens (tertiary/aromatic N) is 1. The third kappa shape index (κ3) is 2.78. The van der Waals surface area contributed by atoms with Crippen molar-refractivity contribution in [1.29, 1.82) is 0 Å². The number of benzene rings is 1. The van der Waals surface area contributed by atoms with Crippen LogP contribution in [0.5, 0.6) is 0 Å². The second-order valence-corrected chi connectivity index (χ2v) is 7.14. The zero-order chi connectivity index (χ0) is 14.3. The molecule has 0 aliphatic carbocycles. The fourth-order valence-corrected chi connectivity index (χ4v) is 4.36. The van der Waals surface area contributed by atoms with Crippen LogP contribution in [0.4, 0.5) is 4.39 Å². The van der Waals surface area contributed by atoms with Crippen molar-refractivity contribution in [1.82, 2.24) is 4.90 Å². The molecule has 20 heavy (non-hydrogen) atoms. The highest BCUT2D eigenvalue weighted by Gasteiger charge is 2.40. The van der Waals surface area contributed by atoms with E-state index in [2.05, 4.69) is 27.9 Å². The fourth-order valence-electron chi connectivity index (χ4n) is 3.85. The lowest BCUT2D eigenvalue weighted by Gasteiger charge is -2.38. The van der Waals surface area contributed by atoms with Crippen LogP contribution in [-0.2, 0) is 6.42 Å². The molecule has 3 rings (SSSR count). The Balaban J connectivity index is 1.66. The van der Waals surface area contributed by atoms with Gasteiger partial charge in [0.2, 0.25) is 0 Å². The number of aliphatic hydroxyl groups excluding tert-OH is 1. The molecule has 0 aromatic heterocycles. The predicted molar refractivity (Wildman–Crippen MR) is 81.1 cm³/mol. The largest absolute Gasteiger partial charge is 0.392 e. The molecule has 3 atom stereocenters. The van der Waals surface area contributed by atoms with Crippen molar-refractivity contribution in [2.75, 3.05) is 7.05 Å². The number of halogens is 2. The maximum Gasteiger partial charge on any atom is 0.124 e. The third-order valence-electron chi connectivity index (χ3n) is 5.12. The Hall–Kier alpha value is -0.450. The highest BCUT2D eigenvalue weighted by Crippen LogP contribution is 2.39. The number of fused-ring (bicyclic) bond motifs is 2. The third-order valence-corrected chi connectivity index (χ3v) is 5.86. The van der Waals surface area contributed by atoms with E-state index in [1.165, 1.54) is 25.0 Å². The van der Waals surface area contributed by atoms with Gasteiger partial charge in [0.05, 0.1) is 6.10 Å². The second kappa shape index (κ2) is 5.74. The molecule has 1 aromatic rings. The first kappa shape index (κ1) is 14.5. The van der Waals surface area contributed by atoms with Crippen molar-refractivity contribution in [3.05, 3.63) is 34.1 Å². The maximum atomic E-state index is 13.1. The van der Waals surface area contributed by atoms with Gasteiger partial charge < -0.3 is 10.0 Å². The number of hydrogen-bond acceptors (Lipinski definition) is 2. The van der Waals surface area contributed by atoms with Gasteiger partial charge in [-0.3, -0.25) is 0 Å². The summed E-state index contributed by atoms with van der Waals surface area (Å²) in [4.78, 5) is 2.48. The molecular formula is C16H21BrFNO. The Morgan fingerprint density at radius 3 is 2.60 bits per heavy atom. The van der Waals surface area contributed by atoms with E-state index in [0.29, 0.717) is 24.4 Å². The Morgan fingerprint density at radius 1 is 1.35 bits per heavy atom. The monoisotopic (exact) mass is 341 g/mol. The molecule has 110 valence electrons. The van der Waals surface area contributed by atoms with E-state index in [1.54, 1.807) is 6.07 Å². The molecular weight excluding hydrogens is 321 g/mol. The summed E-state index contributed by atoms with van der Waals surface area (Å²) in [5.41, 5.74) is 0.991. The van der Waals surface area contributed by atoms with E-state index in [0.717, 1.165) is 22.9 Å². The number of aliphatic hydroxyl groups is 1. The van der Waals surface area contributed by atoms with E-state index in [1.807, 2.05) is 0 Å². The van der Waals surface area contributed by atoms with E-state index in [9.17, 15) is 9.50 Å². The molecule has 2 fully saturated rings. The molecule has 0 amide bonds. The van der Waals surface area contributed by atoms with Crippen molar-refractivity contribution >= 4 is 15.9 Å². The fraction of sp³-hybridized carbons (Fsp3) is 0.625. The van der Waals surface area contributed by atoms with E-state index in [-0.39, 0.29) is 11.9 Å². The van der Waals surface area contributed by atoms with Crippen molar-refractivity contribution in [3.63, 3.8) is 0 Å². The topological polar surface area (TPSA) is 23.5 Å².